The van der Waals surface area contributed by atoms with E-state index in [1.54, 1.807) is 19.4 Å². The third-order valence-electron chi connectivity index (χ3n) is 6.48. The smallest absolute Gasteiger partial charge is 0.235 e. The number of aromatic nitrogens is 2. The van der Waals surface area contributed by atoms with Crippen LogP contribution >= 0.6 is 11.8 Å². The number of β-amino-alcohol motifs (C(OH)–C–C–N with tert-alkyl or cyclic N) is 1. The number of piperidine rings is 1. The molecule has 0 aliphatic carbocycles. The summed E-state index contributed by atoms with van der Waals surface area (Å²) in [6, 6.07) is 10.9. The molecule has 0 unspecified atom stereocenters. The SMILES string of the molecule is COc1ccc2nccc([C@H](O)CN3CC[C@H](NCc4ccc5c(n4)NC(=O)CS5)[C@H](F)C3)c2c1. The van der Waals surface area contributed by atoms with Crippen LogP contribution < -0.4 is 15.4 Å². The Kier molecular flexibility index (Phi) is 7.14. The highest BCUT2D eigenvalue weighted by atomic mass is 32.2. The van der Waals surface area contributed by atoms with E-state index < -0.39 is 12.3 Å². The van der Waals surface area contributed by atoms with Gasteiger partial charge >= 0.3 is 0 Å². The molecule has 3 atom stereocenters. The van der Waals surface area contributed by atoms with Crippen molar-refractivity contribution in [3.63, 3.8) is 0 Å². The van der Waals surface area contributed by atoms with Crippen molar-refractivity contribution in [1.29, 1.82) is 0 Å². The van der Waals surface area contributed by atoms with E-state index in [0.717, 1.165) is 27.1 Å². The number of benzene rings is 1. The molecule has 1 saturated heterocycles. The Balaban J connectivity index is 1.17. The standard InChI is InChI=1S/C25H28FN5O3S/c1-34-16-3-4-20-18(10-16)17(6-8-27-20)22(32)13-31-9-7-21(19(26)12-31)28-11-15-2-5-23-25(29-15)30-24(33)14-35-23/h2-6,8,10,19,21-22,28,32H,7,9,11-14H2,1H3,(H,29,30,33)/t19-,21+,22-/m1/s1. The van der Waals surface area contributed by atoms with Crippen molar-refractivity contribution in [2.24, 2.45) is 0 Å². The molecular weight excluding hydrogens is 469 g/mol. The van der Waals surface area contributed by atoms with E-state index in [2.05, 4.69) is 20.6 Å². The van der Waals surface area contributed by atoms with Gasteiger partial charge in [0.15, 0.2) is 0 Å². The molecule has 0 radical (unpaired) electrons. The van der Waals surface area contributed by atoms with E-state index >= 15 is 4.39 Å². The molecule has 0 saturated carbocycles. The van der Waals surface area contributed by atoms with Gasteiger partial charge in [0.05, 0.1) is 35.1 Å². The summed E-state index contributed by atoms with van der Waals surface area (Å²) in [4.78, 5) is 23.4. The van der Waals surface area contributed by atoms with Crippen molar-refractivity contribution in [1.82, 2.24) is 20.2 Å². The van der Waals surface area contributed by atoms with Gasteiger partial charge in [0.1, 0.15) is 17.7 Å². The van der Waals surface area contributed by atoms with Crippen LogP contribution in [0, 0.1) is 0 Å². The fourth-order valence-corrected chi connectivity index (χ4v) is 5.37. The minimum Gasteiger partial charge on any atom is -0.497 e. The first-order valence-electron chi connectivity index (χ1n) is 11.6. The van der Waals surface area contributed by atoms with Gasteiger partial charge in [-0.25, -0.2) is 9.37 Å². The molecule has 0 bridgehead atoms. The van der Waals surface area contributed by atoms with E-state index in [-0.39, 0.29) is 18.5 Å². The maximum Gasteiger partial charge on any atom is 0.235 e. The van der Waals surface area contributed by atoms with Gasteiger partial charge in [0.2, 0.25) is 5.91 Å². The fraction of sp³-hybridized carbons (Fsp3) is 0.400. The van der Waals surface area contributed by atoms with E-state index in [1.807, 2.05) is 35.2 Å². The van der Waals surface area contributed by atoms with Crippen LogP contribution in [-0.2, 0) is 11.3 Å². The lowest BCUT2D eigenvalue weighted by Crippen LogP contribution is -2.51. The molecule has 8 nitrogen and oxygen atoms in total. The fourth-order valence-electron chi connectivity index (χ4n) is 4.61. The summed E-state index contributed by atoms with van der Waals surface area (Å²) in [6.45, 7) is 1.68. The minimum absolute atomic E-state index is 0.0580. The molecule has 184 valence electrons. The zero-order valence-electron chi connectivity index (χ0n) is 19.4. The Morgan fingerprint density at radius 2 is 2.23 bits per heavy atom. The number of hydrogen-bond donors (Lipinski definition) is 3. The number of anilines is 1. The van der Waals surface area contributed by atoms with Crippen LogP contribution in [0.5, 0.6) is 5.75 Å². The van der Waals surface area contributed by atoms with Gasteiger partial charge in [0, 0.05) is 37.3 Å². The highest BCUT2D eigenvalue weighted by Crippen LogP contribution is 2.30. The third-order valence-corrected chi connectivity index (χ3v) is 7.52. The summed E-state index contributed by atoms with van der Waals surface area (Å²) in [6.07, 6.45) is 0.464. The number of thioether (sulfide) groups is 1. The summed E-state index contributed by atoms with van der Waals surface area (Å²) in [5.74, 6) is 1.61. The lowest BCUT2D eigenvalue weighted by atomic mass is 10.00. The Morgan fingerprint density at radius 3 is 3.06 bits per heavy atom. The number of alkyl halides is 1. The van der Waals surface area contributed by atoms with Crippen LogP contribution in [0.2, 0.25) is 0 Å². The monoisotopic (exact) mass is 497 g/mol. The maximum absolute atomic E-state index is 15.0. The molecule has 2 aliphatic heterocycles. The zero-order chi connectivity index (χ0) is 24.4. The molecule has 3 N–H and O–H groups in total. The van der Waals surface area contributed by atoms with Gasteiger partial charge in [-0.3, -0.25) is 14.7 Å². The lowest BCUT2D eigenvalue weighted by molar-refractivity contribution is -0.113. The van der Waals surface area contributed by atoms with Crippen molar-refractivity contribution in [3.8, 4) is 5.75 Å². The van der Waals surface area contributed by atoms with Gasteiger partial charge in [-0.05, 0) is 54.9 Å². The van der Waals surface area contributed by atoms with Gasteiger partial charge < -0.3 is 20.5 Å². The quantitative estimate of drug-likeness (QED) is 0.458. The summed E-state index contributed by atoms with van der Waals surface area (Å²) >= 11 is 1.47. The van der Waals surface area contributed by atoms with Gasteiger partial charge in [-0.1, -0.05) is 0 Å². The molecule has 1 amide bonds. The number of aliphatic hydroxyl groups excluding tert-OH is 1. The first kappa shape index (κ1) is 23.9. The number of nitrogens with one attached hydrogen (secondary N) is 2. The lowest BCUT2D eigenvalue weighted by Gasteiger charge is -2.36. The second-order valence-electron chi connectivity index (χ2n) is 8.84. The zero-order valence-corrected chi connectivity index (χ0v) is 20.2. The third kappa shape index (κ3) is 5.40. The number of methoxy groups -OCH3 is 1. The molecule has 2 aromatic heterocycles. The number of fused-ring (bicyclic) bond motifs is 2. The average molecular weight is 498 g/mol. The first-order chi connectivity index (χ1) is 17.0. The van der Waals surface area contributed by atoms with E-state index in [1.165, 1.54) is 11.8 Å². The average Bonchev–Trinajstić information content (AvgIpc) is 2.87. The van der Waals surface area contributed by atoms with Gasteiger partial charge in [0.25, 0.3) is 0 Å². The van der Waals surface area contributed by atoms with E-state index in [0.29, 0.717) is 43.4 Å². The molecule has 5 rings (SSSR count). The summed E-state index contributed by atoms with van der Waals surface area (Å²) in [5.41, 5.74) is 2.30. The molecule has 1 aromatic carbocycles. The van der Waals surface area contributed by atoms with Gasteiger partial charge in [-0.2, -0.15) is 0 Å². The van der Waals surface area contributed by atoms with Crippen LogP contribution in [0.1, 0.15) is 23.8 Å². The second kappa shape index (κ2) is 10.4. The number of likely N-dealkylation sites (tertiary alicyclic amines) is 1. The Labute approximate surface area is 207 Å². The Bertz CT molecular complexity index is 1230. The molecular formula is C25H28FN5O3S. The van der Waals surface area contributed by atoms with Crippen molar-refractivity contribution >= 4 is 34.4 Å². The molecule has 35 heavy (non-hydrogen) atoms. The molecule has 10 heteroatoms. The molecule has 1 fully saturated rings. The van der Waals surface area contributed by atoms with E-state index in [4.69, 9.17) is 4.74 Å². The van der Waals surface area contributed by atoms with Crippen molar-refractivity contribution in [2.45, 2.75) is 36.2 Å². The van der Waals surface area contributed by atoms with Crippen molar-refractivity contribution < 1.29 is 19.0 Å². The van der Waals surface area contributed by atoms with Crippen LogP contribution in [0.25, 0.3) is 10.9 Å². The van der Waals surface area contributed by atoms with Crippen LogP contribution in [0.3, 0.4) is 0 Å². The van der Waals surface area contributed by atoms with Crippen LogP contribution in [-0.4, -0.2) is 70.6 Å². The minimum atomic E-state index is -1.07. The number of aliphatic hydroxyl groups is 1. The summed E-state index contributed by atoms with van der Waals surface area (Å²) < 4.78 is 20.4. The predicted octanol–water partition coefficient (Wildman–Crippen LogP) is 2.92. The number of amides is 1. The number of rotatable bonds is 7. The number of nitrogens with zero attached hydrogens (tertiary/aromatic N) is 3. The van der Waals surface area contributed by atoms with Crippen molar-refractivity contribution in [3.05, 3.63) is 53.9 Å². The number of carbonyl (C=O) groups excluding carboxylic acids is 1. The topological polar surface area (TPSA) is 99.6 Å². The molecule has 4 heterocycles. The predicted molar refractivity (Wildman–Crippen MR) is 133 cm³/mol. The number of hydrogen-bond acceptors (Lipinski definition) is 8. The molecule has 3 aromatic rings. The number of ether oxygens (including phenoxy) is 1. The highest BCUT2D eigenvalue weighted by Gasteiger charge is 2.30. The summed E-state index contributed by atoms with van der Waals surface area (Å²) in [7, 11) is 1.60. The van der Waals surface area contributed by atoms with Crippen LogP contribution in [0.15, 0.2) is 47.5 Å². The number of pyridine rings is 2. The van der Waals surface area contributed by atoms with Gasteiger partial charge in [-0.15, -0.1) is 11.8 Å². The van der Waals surface area contributed by atoms with Crippen molar-refractivity contribution in [2.75, 3.05) is 37.8 Å². The Hall–Kier alpha value is -2.79. The first-order valence-corrected chi connectivity index (χ1v) is 12.6. The second-order valence-corrected chi connectivity index (χ2v) is 9.85. The normalized spacial score (nSPS) is 21.4. The molecule has 2 aliphatic rings. The molecule has 0 spiro atoms. The van der Waals surface area contributed by atoms with E-state index in [9.17, 15) is 9.90 Å². The maximum atomic E-state index is 15.0. The summed E-state index contributed by atoms with van der Waals surface area (Å²) in [5, 5.41) is 17.9. The highest BCUT2D eigenvalue weighted by molar-refractivity contribution is 8.00. The van der Waals surface area contributed by atoms with Crippen LogP contribution in [0.4, 0.5) is 10.2 Å². The largest absolute Gasteiger partial charge is 0.497 e. The Morgan fingerprint density at radius 1 is 1.34 bits per heavy atom. The number of carbonyl (C=O) groups is 1. The number of halogens is 1.